The molecule has 0 radical (unpaired) electrons. The number of amides is 2. The lowest BCUT2D eigenvalue weighted by molar-refractivity contribution is -0.149. The number of carboxylic acid groups (broad SMARTS) is 1. The number of hydrogen-bond acceptors (Lipinski definition) is 3. The minimum atomic E-state index is -0.948. The van der Waals surface area contributed by atoms with Gasteiger partial charge in [-0.15, -0.1) is 0 Å². The number of hydrogen-bond donors (Lipinski definition) is 2. The van der Waals surface area contributed by atoms with Gasteiger partial charge in [-0.05, 0) is 12.8 Å². The van der Waals surface area contributed by atoms with Gasteiger partial charge in [-0.25, -0.2) is 0 Å². The maximum atomic E-state index is 12.2. The van der Waals surface area contributed by atoms with Crippen LogP contribution in [0.3, 0.4) is 0 Å². The third-order valence-electron chi connectivity index (χ3n) is 4.02. The molecular weight excluding hydrogens is 260 g/mol. The highest BCUT2D eigenvalue weighted by atomic mass is 16.4. The van der Waals surface area contributed by atoms with Gasteiger partial charge in [0, 0.05) is 31.5 Å². The monoisotopic (exact) mass is 284 g/mol. The van der Waals surface area contributed by atoms with E-state index in [1.807, 2.05) is 6.92 Å². The Kier molecular flexibility index (Phi) is 5.98. The predicted molar refractivity (Wildman–Crippen MR) is 74.0 cm³/mol. The van der Waals surface area contributed by atoms with E-state index in [0.717, 1.165) is 12.8 Å². The van der Waals surface area contributed by atoms with E-state index in [2.05, 4.69) is 5.32 Å². The van der Waals surface area contributed by atoms with E-state index >= 15 is 0 Å². The molecular formula is C14H24N2O4. The van der Waals surface area contributed by atoms with E-state index in [1.165, 1.54) is 0 Å². The minimum absolute atomic E-state index is 0.0302. The van der Waals surface area contributed by atoms with Crippen molar-refractivity contribution in [2.75, 3.05) is 13.1 Å². The SMILES string of the molecule is CCC(=O)NC1CCN(C(=O)C(C)C(C)C(=O)O)CC1. The summed E-state index contributed by atoms with van der Waals surface area (Å²) in [4.78, 5) is 36.1. The highest BCUT2D eigenvalue weighted by molar-refractivity contribution is 5.84. The summed E-state index contributed by atoms with van der Waals surface area (Å²) < 4.78 is 0. The van der Waals surface area contributed by atoms with Gasteiger partial charge in [-0.1, -0.05) is 20.8 Å². The maximum absolute atomic E-state index is 12.2. The highest BCUT2D eigenvalue weighted by Crippen LogP contribution is 2.18. The van der Waals surface area contributed by atoms with Crippen molar-refractivity contribution in [2.24, 2.45) is 11.8 Å². The highest BCUT2D eigenvalue weighted by Gasteiger charge is 2.31. The zero-order valence-electron chi connectivity index (χ0n) is 12.4. The van der Waals surface area contributed by atoms with Crippen molar-refractivity contribution in [3.8, 4) is 0 Å². The summed E-state index contributed by atoms with van der Waals surface area (Å²) in [7, 11) is 0. The van der Waals surface area contributed by atoms with E-state index in [0.29, 0.717) is 19.5 Å². The number of piperidine rings is 1. The van der Waals surface area contributed by atoms with Crippen LogP contribution in [0.1, 0.15) is 40.0 Å². The van der Waals surface area contributed by atoms with Crippen LogP contribution in [0, 0.1) is 11.8 Å². The van der Waals surface area contributed by atoms with Crippen LogP contribution in [0.2, 0.25) is 0 Å². The molecule has 1 aliphatic heterocycles. The molecule has 114 valence electrons. The van der Waals surface area contributed by atoms with Crippen LogP contribution in [0.5, 0.6) is 0 Å². The molecule has 1 fully saturated rings. The lowest BCUT2D eigenvalue weighted by Gasteiger charge is -2.34. The van der Waals surface area contributed by atoms with Gasteiger partial charge >= 0.3 is 5.97 Å². The average molecular weight is 284 g/mol. The molecule has 0 aromatic rings. The Bertz CT molecular complexity index is 375. The molecule has 1 saturated heterocycles. The van der Waals surface area contributed by atoms with Crippen LogP contribution in [0.4, 0.5) is 0 Å². The summed E-state index contributed by atoms with van der Waals surface area (Å²) >= 11 is 0. The quantitative estimate of drug-likeness (QED) is 0.784. The summed E-state index contributed by atoms with van der Waals surface area (Å²) in [5.41, 5.74) is 0. The third kappa shape index (κ3) is 4.21. The summed E-state index contributed by atoms with van der Waals surface area (Å²) in [6, 6.07) is 0.124. The smallest absolute Gasteiger partial charge is 0.307 e. The summed E-state index contributed by atoms with van der Waals surface area (Å²) in [6.45, 7) is 6.17. The number of rotatable bonds is 5. The zero-order valence-corrected chi connectivity index (χ0v) is 12.4. The Morgan fingerprint density at radius 1 is 1.20 bits per heavy atom. The van der Waals surface area contributed by atoms with Crippen molar-refractivity contribution in [3.05, 3.63) is 0 Å². The van der Waals surface area contributed by atoms with Crippen molar-refractivity contribution in [1.82, 2.24) is 10.2 Å². The average Bonchev–Trinajstić information content (AvgIpc) is 2.45. The molecule has 0 aliphatic carbocycles. The van der Waals surface area contributed by atoms with Gasteiger partial charge in [0.15, 0.2) is 0 Å². The normalized spacial score (nSPS) is 19.2. The molecule has 2 unspecified atom stereocenters. The molecule has 2 atom stereocenters. The minimum Gasteiger partial charge on any atom is -0.481 e. The molecule has 2 amide bonds. The van der Waals surface area contributed by atoms with Gasteiger partial charge in [0.05, 0.1) is 5.92 Å². The molecule has 0 aromatic heterocycles. The molecule has 1 rings (SSSR count). The van der Waals surface area contributed by atoms with E-state index in [1.54, 1.807) is 18.7 Å². The van der Waals surface area contributed by atoms with E-state index in [4.69, 9.17) is 5.11 Å². The Labute approximate surface area is 119 Å². The van der Waals surface area contributed by atoms with Gasteiger partial charge in [-0.3, -0.25) is 14.4 Å². The van der Waals surface area contributed by atoms with Crippen molar-refractivity contribution < 1.29 is 19.5 Å². The van der Waals surface area contributed by atoms with Gasteiger partial charge in [0.1, 0.15) is 0 Å². The molecule has 6 heteroatoms. The Hall–Kier alpha value is -1.59. The molecule has 20 heavy (non-hydrogen) atoms. The number of aliphatic carboxylic acids is 1. The molecule has 0 bridgehead atoms. The Morgan fingerprint density at radius 2 is 1.75 bits per heavy atom. The molecule has 0 aromatic carbocycles. The number of likely N-dealkylation sites (tertiary alicyclic amines) is 1. The lowest BCUT2D eigenvalue weighted by atomic mass is 9.93. The van der Waals surface area contributed by atoms with Crippen molar-refractivity contribution in [3.63, 3.8) is 0 Å². The number of nitrogens with one attached hydrogen (secondary N) is 1. The fraction of sp³-hybridized carbons (Fsp3) is 0.786. The molecule has 6 nitrogen and oxygen atoms in total. The second-order valence-corrected chi connectivity index (χ2v) is 5.44. The molecule has 1 aliphatic rings. The second kappa shape index (κ2) is 7.26. The first kappa shape index (κ1) is 16.5. The Balaban J connectivity index is 2.46. The van der Waals surface area contributed by atoms with E-state index in [-0.39, 0.29) is 17.9 Å². The first-order valence-corrected chi connectivity index (χ1v) is 7.17. The van der Waals surface area contributed by atoms with Gasteiger partial charge in [-0.2, -0.15) is 0 Å². The van der Waals surface area contributed by atoms with E-state index in [9.17, 15) is 14.4 Å². The summed E-state index contributed by atoms with van der Waals surface area (Å²) in [5, 5.41) is 11.9. The number of carbonyl (C=O) groups is 3. The second-order valence-electron chi connectivity index (χ2n) is 5.44. The van der Waals surface area contributed by atoms with Gasteiger partial charge in [0.25, 0.3) is 0 Å². The van der Waals surface area contributed by atoms with Crippen molar-refractivity contribution >= 4 is 17.8 Å². The summed E-state index contributed by atoms with van der Waals surface area (Å²) in [5.74, 6) is -2.23. The van der Waals surface area contributed by atoms with Crippen LogP contribution in [-0.2, 0) is 14.4 Å². The molecule has 0 spiro atoms. The van der Waals surface area contributed by atoms with Gasteiger partial charge < -0.3 is 15.3 Å². The number of carbonyl (C=O) groups excluding carboxylic acids is 2. The lowest BCUT2D eigenvalue weighted by Crippen LogP contribution is -2.48. The topological polar surface area (TPSA) is 86.7 Å². The fourth-order valence-electron chi connectivity index (χ4n) is 2.29. The molecule has 2 N–H and O–H groups in total. The number of carboxylic acids is 1. The van der Waals surface area contributed by atoms with Crippen LogP contribution in [0.15, 0.2) is 0 Å². The molecule has 1 heterocycles. The van der Waals surface area contributed by atoms with Gasteiger partial charge in [0.2, 0.25) is 11.8 Å². The van der Waals surface area contributed by atoms with Crippen LogP contribution in [-0.4, -0.2) is 46.9 Å². The van der Waals surface area contributed by atoms with Crippen molar-refractivity contribution in [2.45, 2.75) is 46.1 Å². The van der Waals surface area contributed by atoms with Crippen molar-refractivity contribution in [1.29, 1.82) is 0 Å². The third-order valence-corrected chi connectivity index (χ3v) is 4.02. The first-order chi connectivity index (χ1) is 9.36. The standard InChI is InChI=1S/C14H24N2O4/c1-4-12(17)15-11-5-7-16(8-6-11)13(18)9(2)10(3)14(19)20/h9-11H,4-8H2,1-3H3,(H,15,17)(H,19,20). The molecule has 0 saturated carbocycles. The predicted octanol–water partition coefficient (Wildman–Crippen LogP) is 0.860. The zero-order chi connectivity index (χ0) is 15.3. The summed E-state index contributed by atoms with van der Waals surface area (Å²) in [6.07, 6.45) is 1.92. The van der Waals surface area contributed by atoms with Crippen LogP contribution >= 0.6 is 0 Å². The maximum Gasteiger partial charge on any atom is 0.307 e. The van der Waals surface area contributed by atoms with E-state index < -0.39 is 17.8 Å². The largest absolute Gasteiger partial charge is 0.481 e. The van der Waals surface area contributed by atoms with Crippen LogP contribution in [0.25, 0.3) is 0 Å². The first-order valence-electron chi connectivity index (χ1n) is 7.17. The Morgan fingerprint density at radius 3 is 2.20 bits per heavy atom. The fourth-order valence-corrected chi connectivity index (χ4v) is 2.29. The number of nitrogens with zero attached hydrogens (tertiary/aromatic N) is 1. The van der Waals surface area contributed by atoms with Crippen LogP contribution < -0.4 is 5.32 Å².